The van der Waals surface area contributed by atoms with Gasteiger partial charge < -0.3 is 9.84 Å². The van der Waals surface area contributed by atoms with Crippen molar-refractivity contribution in [3.63, 3.8) is 0 Å². The van der Waals surface area contributed by atoms with E-state index in [1.807, 2.05) is 26.8 Å². The molecular formula is C15H23NO4. The number of nitrogens with zero attached hydrogens (tertiary/aromatic N) is 1. The molecule has 20 heavy (non-hydrogen) atoms. The molecule has 1 saturated heterocycles. The van der Waals surface area contributed by atoms with Crippen LogP contribution in [0.4, 0.5) is 4.79 Å². The minimum absolute atomic E-state index is 0.134. The summed E-state index contributed by atoms with van der Waals surface area (Å²) >= 11 is 0. The third-order valence-corrected chi connectivity index (χ3v) is 3.80. The van der Waals surface area contributed by atoms with Crippen molar-refractivity contribution in [2.24, 2.45) is 0 Å². The van der Waals surface area contributed by atoms with E-state index in [4.69, 9.17) is 9.84 Å². The van der Waals surface area contributed by atoms with E-state index in [9.17, 15) is 9.59 Å². The molecule has 1 fully saturated rings. The number of rotatable bonds is 2. The fraction of sp³-hybridized carbons (Fsp3) is 0.733. The highest BCUT2D eigenvalue weighted by atomic mass is 16.6. The predicted octanol–water partition coefficient (Wildman–Crippen LogP) is 2.04. The van der Waals surface area contributed by atoms with E-state index in [1.165, 1.54) is 0 Å². The monoisotopic (exact) mass is 281 g/mol. The van der Waals surface area contributed by atoms with Crippen molar-refractivity contribution < 1.29 is 19.4 Å². The van der Waals surface area contributed by atoms with Crippen LogP contribution in [-0.4, -0.2) is 46.2 Å². The lowest BCUT2D eigenvalue weighted by Gasteiger charge is -2.32. The fourth-order valence-electron chi connectivity index (χ4n) is 3.02. The zero-order valence-corrected chi connectivity index (χ0v) is 12.4. The van der Waals surface area contributed by atoms with E-state index in [2.05, 4.69) is 0 Å². The Bertz CT molecular complexity index is 436. The van der Waals surface area contributed by atoms with Crippen molar-refractivity contribution in [2.45, 2.75) is 64.1 Å². The van der Waals surface area contributed by atoms with Crippen LogP contribution in [0.5, 0.6) is 0 Å². The maximum atomic E-state index is 12.4. The van der Waals surface area contributed by atoms with Crippen LogP contribution in [0.2, 0.25) is 0 Å². The number of Topliss-reactive ketones (excluding diaryl/α,β-unsaturated/α-hetero) is 1. The number of allylic oxidation sites excluding steroid dienone is 1. The largest absolute Gasteiger partial charge is 0.444 e. The standard InChI is InChI=1S/C15H23NO4/c1-15(2,3)20-14(19)16-10-5-4-6-11(13(18)9-17)12(16)8-7-10/h6,10,12,17H,4-5,7-9H2,1-3H3. The van der Waals surface area contributed by atoms with E-state index >= 15 is 0 Å². The van der Waals surface area contributed by atoms with E-state index in [1.54, 1.807) is 4.90 Å². The topological polar surface area (TPSA) is 66.8 Å². The van der Waals surface area contributed by atoms with Gasteiger partial charge in [0.25, 0.3) is 0 Å². The normalized spacial score (nSPS) is 26.0. The van der Waals surface area contributed by atoms with Crippen molar-refractivity contribution in [3.05, 3.63) is 11.6 Å². The van der Waals surface area contributed by atoms with Gasteiger partial charge in [-0.25, -0.2) is 4.79 Å². The number of aliphatic hydroxyl groups is 1. The summed E-state index contributed by atoms with van der Waals surface area (Å²) in [5.41, 5.74) is 0.0200. The number of carbonyl (C=O) groups excluding carboxylic acids is 2. The molecule has 2 unspecified atom stereocenters. The maximum absolute atomic E-state index is 12.4. The molecule has 2 rings (SSSR count). The third-order valence-electron chi connectivity index (χ3n) is 3.80. The van der Waals surface area contributed by atoms with Gasteiger partial charge in [-0.1, -0.05) is 6.08 Å². The molecule has 2 heterocycles. The highest BCUT2D eigenvalue weighted by molar-refractivity contribution is 5.98. The lowest BCUT2D eigenvalue weighted by Crippen LogP contribution is -2.45. The third kappa shape index (κ3) is 3.03. The van der Waals surface area contributed by atoms with Gasteiger partial charge in [-0.3, -0.25) is 9.69 Å². The first-order chi connectivity index (χ1) is 9.33. The average Bonchev–Trinajstić information content (AvgIpc) is 2.63. The van der Waals surface area contributed by atoms with Crippen LogP contribution in [0.15, 0.2) is 11.6 Å². The second-order valence-electron chi connectivity index (χ2n) is 6.45. The van der Waals surface area contributed by atoms with E-state index in [0.717, 1.165) is 25.7 Å². The summed E-state index contributed by atoms with van der Waals surface area (Å²) in [7, 11) is 0. The lowest BCUT2D eigenvalue weighted by atomic mass is 9.97. The van der Waals surface area contributed by atoms with Gasteiger partial charge in [0.15, 0.2) is 5.78 Å². The summed E-state index contributed by atoms with van der Waals surface area (Å²) in [6.45, 7) is 5.00. The summed E-state index contributed by atoms with van der Waals surface area (Å²) < 4.78 is 5.46. The number of amides is 1. The van der Waals surface area contributed by atoms with Gasteiger partial charge in [0.1, 0.15) is 12.2 Å². The SMILES string of the molecule is CC(C)(C)OC(=O)N1C2CCC=C(C(=O)CO)C1CC2. The molecule has 0 saturated carbocycles. The molecule has 2 aliphatic rings. The Morgan fingerprint density at radius 1 is 1.35 bits per heavy atom. The van der Waals surface area contributed by atoms with Gasteiger partial charge in [0, 0.05) is 11.6 Å². The lowest BCUT2D eigenvalue weighted by molar-refractivity contribution is -0.118. The molecule has 2 bridgehead atoms. The second kappa shape index (κ2) is 5.56. The van der Waals surface area contributed by atoms with Crippen molar-refractivity contribution in [2.75, 3.05) is 6.61 Å². The quantitative estimate of drug-likeness (QED) is 0.841. The molecule has 0 aromatic rings. The number of fused-ring (bicyclic) bond motifs is 2. The van der Waals surface area contributed by atoms with Crippen molar-refractivity contribution in [3.8, 4) is 0 Å². The molecular weight excluding hydrogens is 258 g/mol. The number of ether oxygens (including phenoxy) is 1. The number of aliphatic hydroxyl groups excluding tert-OH is 1. The Hall–Kier alpha value is -1.36. The molecule has 0 spiro atoms. The molecule has 0 aliphatic carbocycles. The molecule has 112 valence electrons. The Morgan fingerprint density at radius 2 is 2.05 bits per heavy atom. The number of carbonyl (C=O) groups is 2. The predicted molar refractivity (Wildman–Crippen MR) is 74.3 cm³/mol. The number of hydrogen-bond acceptors (Lipinski definition) is 4. The molecule has 1 amide bonds. The fourth-order valence-corrected chi connectivity index (χ4v) is 3.02. The summed E-state index contributed by atoms with van der Waals surface area (Å²) in [5.74, 6) is -0.286. The van der Waals surface area contributed by atoms with Crippen LogP contribution in [0.25, 0.3) is 0 Å². The smallest absolute Gasteiger partial charge is 0.411 e. The van der Waals surface area contributed by atoms with Crippen LogP contribution in [0.3, 0.4) is 0 Å². The Kier molecular flexibility index (Phi) is 4.18. The van der Waals surface area contributed by atoms with Crippen LogP contribution in [0, 0.1) is 0 Å². The Labute approximate surface area is 119 Å². The Balaban J connectivity index is 2.23. The molecule has 2 aliphatic heterocycles. The molecule has 5 nitrogen and oxygen atoms in total. The van der Waals surface area contributed by atoms with E-state index < -0.39 is 12.2 Å². The molecule has 0 radical (unpaired) electrons. The minimum Gasteiger partial charge on any atom is -0.444 e. The highest BCUT2D eigenvalue weighted by Gasteiger charge is 2.43. The van der Waals surface area contributed by atoms with Gasteiger partial charge in [0.2, 0.25) is 0 Å². The summed E-state index contributed by atoms with van der Waals surface area (Å²) in [5, 5.41) is 9.09. The average molecular weight is 281 g/mol. The van der Waals surface area contributed by atoms with Crippen LogP contribution >= 0.6 is 0 Å². The zero-order chi connectivity index (χ0) is 14.9. The summed E-state index contributed by atoms with van der Waals surface area (Å²) in [6, 6.07) is -0.105. The molecule has 2 atom stereocenters. The van der Waals surface area contributed by atoms with Gasteiger partial charge in [-0.15, -0.1) is 0 Å². The van der Waals surface area contributed by atoms with Gasteiger partial charge in [-0.2, -0.15) is 0 Å². The number of ketones is 1. The summed E-state index contributed by atoms with van der Waals surface area (Å²) in [6.07, 6.45) is 4.78. The molecule has 0 aromatic carbocycles. The first-order valence-electron chi connectivity index (χ1n) is 7.19. The molecule has 1 N–H and O–H groups in total. The van der Waals surface area contributed by atoms with Gasteiger partial charge in [-0.05, 0) is 46.5 Å². The van der Waals surface area contributed by atoms with Crippen LogP contribution in [-0.2, 0) is 9.53 Å². The number of hydrogen-bond donors (Lipinski definition) is 1. The van der Waals surface area contributed by atoms with Crippen LogP contribution < -0.4 is 0 Å². The van der Waals surface area contributed by atoms with E-state index in [-0.39, 0.29) is 24.0 Å². The highest BCUT2D eigenvalue weighted by Crippen LogP contribution is 2.36. The first-order valence-corrected chi connectivity index (χ1v) is 7.19. The summed E-state index contributed by atoms with van der Waals surface area (Å²) in [4.78, 5) is 26.0. The Morgan fingerprint density at radius 3 is 2.65 bits per heavy atom. The van der Waals surface area contributed by atoms with Crippen LogP contribution in [0.1, 0.15) is 46.5 Å². The van der Waals surface area contributed by atoms with Crippen molar-refractivity contribution in [1.29, 1.82) is 0 Å². The molecule has 0 aromatic heterocycles. The minimum atomic E-state index is -0.548. The zero-order valence-electron chi connectivity index (χ0n) is 12.4. The molecule has 5 heteroatoms. The van der Waals surface area contributed by atoms with Gasteiger partial charge >= 0.3 is 6.09 Å². The first kappa shape index (κ1) is 15.0. The maximum Gasteiger partial charge on any atom is 0.411 e. The second-order valence-corrected chi connectivity index (χ2v) is 6.45. The van der Waals surface area contributed by atoms with E-state index in [0.29, 0.717) is 5.57 Å². The van der Waals surface area contributed by atoms with Crippen molar-refractivity contribution in [1.82, 2.24) is 4.90 Å². The van der Waals surface area contributed by atoms with Gasteiger partial charge in [0.05, 0.1) is 6.04 Å². The van der Waals surface area contributed by atoms with Crippen molar-refractivity contribution >= 4 is 11.9 Å².